The monoisotopic (exact) mass is 389 g/mol. The molecule has 0 spiro atoms. The minimum atomic E-state index is 0.689. The van der Waals surface area contributed by atoms with Gasteiger partial charge in [-0.05, 0) is 50.5 Å². The van der Waals surface area contributed by atoms with Crippen LogP contribution in [0.1, 0.15) is 34.1 Å². The van der Waals surface area contributed by atoms with Gasteiger partial charge in [0.05, 0.1) is 17.4 Å². The lowest BCUT2D eigenvalue weighted by atomic mass is 9.92. The summed E-state index contributed by atoms with van der Waals surface area (Å²) in [5.41, 5.74) is 2.12. The lowest BCUT2D eigenvalue weighted by Gasteiger charge is -2.32. The quantitative estimate of drug-likeness (QED) is 0.412. The number of benzene rings is 1. The van der Waals surface area contributed by atoms with Crippen molar-refractivity contribution in [2.24, 2.45) is 11.8 Å². The molecule has 150 valence electrons. The number of hydrogen-bond acceptors (Lipinski definition) is 3. The molecule has 3 rings (SSSR count). The lowest BCUT2D eigenvalue weighted by Crippen LogP contribution is -2.37. The van der Waals surface area contributed by atoms with Crippen LogP contribution in [0.4, 0.5) is 0 Å². The molecule has 0 radical (unpaired) electrons. The zero-order chi connectivity index (χ0) is 20.5. The predicted octanol–water partition coefficient (Wildman–Crippen LogP) is 5.37. The molecule has 2 unspecified atom stereocenters. The van der Waals surface area contributed by atoms with Crippen molar-refractivity contribution in [1.29, 1.82) is 0 Å². The Morgan fingerprint density at radius 3 is 2.11 bits per heavy atom. The maximum Gasteiger partial charge on any atom is 0.209 e. The molecule has 5 heteroatoms. The van der Waals surface area contributed by atoms with Gasteiger partial charge in [-0.1, -0.05) is 50.3 Å². The average molecular weight is 390 g/mol. The number of thiol groups is 1. The molecule has 1 N–H and O–H groups in total. The molecule has 1 aliphatic heterocycles. The second-order valence-electron chi connectivity index (χ2n) is 6.48. The Morgan fingerprint density at radius 2 is 1.63 bits per heavy atom. The third-order valence-electron chi connectivity index (χ3n) is 3.87. The first-order chi connectivity index (χ1) is 13.1. The zero-order valence-corrected chi connectivity index (χ0v) is 18.2. The Kier molecular flexibility index (Phi) is 15.0. The minimum absolute atomic E-state index is 0.689. The standard InChI is InChI=1S/C8H15NO.C7H6N2.C6H10.CH4S/c1-7-3-8(2)5-9(4-7)6-10;1-2-4-7-6(3-1)8-5-9-7;1-3-5-6-4-2;1-2/h6-8H,3-5H2,1-2H3;1-5H,(H,8,9);3-6H,1-2H3;2H,1H3/b;;5-3-,6-4-;. The number of fused-ring (bicyclic) bond motifs is 1. The van der Waals surface area contributed by atoms with E-state index < -0.39 is 0 Å². The Labute approximate surface area is 170 Å². The summed E-state index contributed by atoms with van der Waals surface area (Å²) >= 11 is 3.53. The number of amides is 1. The van der Waals surface area contributed by atoms with Gasteiger partial charge in [-0.15, -0.1) is 0 Å². The Hall–Kier alpha value is -2.01. The highest BCUT2D eigenvalue weighted by Crippen LogP contribution is 2.19. The van der Waals surface area contributed by atoms with E-state index >= 15 is 0 Å². The molecule has 2 heterocycles. The van der Waals surface area contributed by atoms with Crippen molar-refractivity contribution in [1.82, 2.24) is 14.9 Å². The molecule has 0 aliphatic carbocycles. The molecule has 1 aliphatic rings. The average Bonchev–Trinajstić information content (AvgIpc) is 3.17. The smallest absolute Gasteiger partial charge is 0.209 e. The molecule has 2 aromatic rings. The zero-order valence-electron chi connectivity index (χ0n) is 17.3. The highest BCUT2D eigenvalue weighted by Gasteiger charge is 2.19. The second kappa shape index (κ2) is 16.2. The third kappa shape index (κ3) is 11.3. The van der Waals surface area contributed by atoms with Crippen LogP contribution in [0.25, 0.3) is 11.0 Å². The van der Waals surface area contributed by atoms with Gasteiger partial charge in [0.15, 0.2) is 0 Å². The number of aromatic nitrogens is 2. The van der Waals surface area contributed by atoms with Crippen molar-refractivity contribution < 1.29 is 4.79 Å². The van der Waals surface area contributed by atoms with Gasteiger partial charge in [0, 0.05) is 13.1 Å². The maximum absolute atomic E-state index is 10.4. The van der Waals surface area contributed by atoms with Gasteiger partial charge in [0.2, 0.25) is 6.41 Å². The summed E-state index contributed by atoms with van der Waals surface area (Å²) in [6.07, 6.45) is 13.6. The van der Waals surface area contributed by atoms with Crippen LogP contribution < -0.4 is 0 Å². The van der Waals surface area contributed by atoms with Gasteiger partial charge < -0.3 is 9.88 Å². The third-order valence-corrected chi connectivity index (χ3v) is 3.87. The van der Waals surface area contributed by atoms with Crippen molar-refractivity contribution in [2.45, 2.75) is 34.1 Å². The lowest BCUT2D eigenvalue weighted by molar-refractivity contribution is -0.120. The number of aromatic amines is 1. The summed E-state index contributed by atoms with van der Waals surface area (Å²) < 4.78 is 0. The molecular weight excluding hydrogens is 354 g/mol. The first-order valence-electron chi connectivity index (χ1n) is 9.36. The topological polar surface area (TPSA) is 49.0 Å². The van der Waals surface area contributed by atoms with Gasteiger partial charge >= 0.3 is 0 Å². The minimum Gasteiger partial charge on any atom is -0.345 e. The molecule has 1 aromatic carbocycles. The maximum atomic E-state index is 10.4. The first kappa shape index (κ1) is 25.0. The second-order valence-corrected chi connectivity index (χ2v) is 6.48. The molecule has 1 aromatic heterocycles. The van der Waals surface area contributed by atoms with Crippen LogP contribution in [0.2, 0.25) is 0 Å². The van der Waals surface area contributed by atoms with E-state index in [1.165, 1.54) is 6.42 Å². The number of allylic oxidation sites excluding steroid dienone is 4. The number of imidazole rings is 1. The molecule has 4 nitrogen and oxygen atoms in total. The van der Waals surface area contributed by atoms with Crippen molar-refractivity contribution >= 4 is 30.1 Å². The molecule has 2 atom stereocenters. The summed E-state index contributed by atoms with van der Waals surface area (Å²) in [4.78, 5) is 19.3. The first-order valence-corrected chi connectivity index (χ1v) is 10.3. The van der Waals surface area contributed by atoms with E-state index in [-0.39, 0.29) is 0 Å². The van der Waals surface area contributed by atoms with E-state index in [2.05, 4.69) is 36.4 Å². The van der Waals surface area contributed by atoms with Gasteiger partial charge in [0.25, 0.3) is 0 Å². The van der Waals surface area contributed by atoms with Crippen molar-refractivity contribution in [2.75, 3.05) is 19.3 Å². The molecule has 1 saturated heterocycles. The number of piperidine rings is 1. The van der Waals surface area contributed by atoms with Gasteiger partial charge in [-0.2, -0.15) is 12.6 Å². The number of H-pyrrole nitrogens is 1. The fourth-order valence-corrected chi connectivity index (χ4v) is 2.90. The van der Waals surface area contributed by atoms with Crippen LogP contribution in [-0.2, 0) is 4.79 Å². The van der Waals surface area contributed by atoms with Crippen LogP contribution in [0.5, 0.6) is 0 Å². The summed E-state index contributed by atoms with van der Waals surface area (Å²) in [5.74, 6) is 1.38. The number of carbonyl (C=O) groups is 1. The number of carbonyl (C=O) groups excluding carboxylic acids is 1. The molecular formula is C22H35N3OS. The van der Waals surface area contributed by atoms with E-state index in [0.29, 0.717) is 11.8 Å². The molecule has 1 fully saturated rings. The summed E-state index contributed by atoms with van der Waals surface area (Å²) in [6.45, 7) is 10.3. The highest BCUT2D eigenvalue weighted by molar-refractivity contribution is 7.79. The van der Waals surface area contributed by atoms with Crippen LogP contribution in [0, 0.1) is 11.8 Å². The van der Waals surface area contributed by atoms with Gasteiger partial charge in [-0.3, -0.25) is 4.79 Å². The van der Waals surface area contributed by atoms with Crippen molar-refractivity contribution in [3.63, 3.8) is 0 Å². The molecule has 27 heavy (non-hydrogen) atoms. The Balaban J connectivity index is 0.000000370. The van der Waals surface area contributed by atoms with Crippen LogP contribution in [-0.4, -0.2) is 40.6 Å². The fourth-order valence-electron chi connectivity index (χ4n) is 2.90. The van der Waals surface area contributed by atoms with Crippen LogP contribution >= 0.6 is 12.6 Å². The fraction of sp³-hybridized carbons (Fsp3) is 0.455. The van der Waals surface area contributed by atoms with E-state index in [9.17, 15) is 4.79 Å². The van der Waals surface area contributed by atoms with Crippen molar-refractivity contribution in [3.05, 3.63) is 54.9 Å². The van der Waals surface area contributed by atoms with E-state index in [1.807, 2.05) is 67.3 Å². The van der Waals surface area contributed by atoms with E-state index in [4.69, 9.17) is 0 Å². The SMILES string of the molecule is C/C=C\C=C/C.CC1CC(C)CN(C=O)C1.CS.c1ccc2[nH]cnc2c1. The number of para-hydroxylation sites is 2. The number of hydrogen-bond donors (Lipinski definition) is 2. The summed E-state index contributed by atoms with van der Waals surface area (Å²) in [6, 6.07) is 7.94. The highest BCUT2D eigenvalue weighted by atomic mass is 32.1. The Morgan fingerprint density at radius 1 is 1.07 bits per heavy atom. The molecule has 0 saturated carbocycles. The molecule has 0 bridgehead atoms. The van der Waals surface area contributed by atoms with Gasteiger partial charge in [0.1, 0.15) is 0 Å². The number of likely N-dealkylation sites (tertiary alicyclic amines) is 1. The Bertz CT molecular complexity index is 616. The number of nitrogens with zero attached hydrogens (tertiary/aromatic N) is 2. The number of rotatable bonds is 2. The van der Waals surface area contributed by atoms with Crippen LogP contribution in [0.15, 0.2) is 54.9 Å². The van der Waals surface area contributed by atoms with E-state index in [0.717, 1.165) is 30.5 Å². The largest absolute Gasteiger partial charge is 0.345 e. The number of nitrogens with one attached hydrogen (secondary N) is 1. The van der Waals surface area contributed by atoms with E-state index in [1.54, 1.807) is 12.6 Å². The summed E-state index contributed by atoms with van der Waals surface area (Å²) in [5, 5.41) is 0. The summed E-state index contributed by atoms with van der Waals surface area (Å²) in [7, 11) is 0. The molecule has 1 amide bonds. The van der Waals surface area contributed by atoms with Crippen LogP contribution in [0.3, 0.4) is 0 Å². The predicted molar refractivity (Wildman–Crippen MR) is 121 cm³/mol. The van der Waals surface area contributed by atoms with Gasteiger partial charge in [-0.25, -0.2) is 4.98 Å². The van der Waals surface area contributed by atoms with Crippen molar-refractivity contribution in [3.8, 4) is 0 Å². The normalized spacial score (nSPS) is 18.8.